The number of aliphatic carboxylic acids is 1. The monoisotopic (exact) mass is 230 g/mol. The van der Waals surface area contributed by atoms with E-state index in [0.717, 1.165) is 32.5 Å². The Morgan fingerprint density at radius 1 is 1.31 bits per heavy atom. The molecule has 1 N–H and O–H groups in total. The maximum atomic E-state index is 10.4. The van der Waals surface area contributed by atoms with Gasteiger partial charge in [0.2, 0.25) is 0 Å². The quantitative estimate of drug-likeness (QED) is 0.610. The van der Waals surface area contributed by atoms with Gasteiger partial charge in [-0.05, 0) is 47.0 Å². The number of nitrogens with zero attached hydrogens (tertiary/aromatic N) is 2. The molecule has 0 aromatic rings. The number of hydrogen-bond donors (Lipinski definition) is 1. The molecule has 0 aliphatic rings. The third-order valence-corrected chi connectivity index (χ3v) is 2.74. The Bertz CT molecular complexity index is 195. The Labute approximate surface area is 99.2 Å². The molecule has 1 unspecified atom stereocenters. The van der Waals surface area contributed by atoms with Crippen LogP contribution >= 0.6 is 0 Å². The lowest BCUT2D eigenvalue weighted by atomic mass is 10.2. The number of likely N-dealkylation sites (N-methyl/N-ethyl adjacent to an activating group) is 2. The SMILES string of the molecule is CCN(CCCCC(=O)O)C(C)CN(C)C. The molecular weight excluding hydrogens is 204 g/mol. The minimum Gasteiger partial charge on any atom is -0.481 e. The molecule has 0 saturated carbocycles. The van der Waals surface area contributed by atoms with Crippen molar-refractivity contribution in [3.8, 4) is 0 Å². The van der Waals surface area contributed by atoms with Crippen LogP contribution in [0, 0.1) is 0 Å². The van der Waals surface area contributed by atoms with E-state index in [1.54, 1.807) is 0 Å². The van der Waals surface area contributed by atoms with Crippen molar-refractivity contribution >= 4 is 5.97 Å². The van der Waals surface area contributed by atoms with Crippen LogP contribution in [0.4, 0.5) is 0 Å². The van der Waals surface area contributed by atoms with Gasteiger partial charge in [-0.2, -0.15) is 0 Å². The van der Waals surface area contributed by atoms with E-state index in [2.05, 4.69) is 37.7 Å². The summed E-state index contributed by atoms with van der Waals surface area (Å²) in [6.45, 7) is 7.46. The number of rotatable bonds is 9. The summed E-state index contributed by atoms with van der Waals surface area (Å²) in [6, 6.07) is 0.532. The second-order valence-electron chi connectivity index (χ2n) is 4.59. The van der Waals surface area contributed by atoms with Crippen LogP contribution in [-0.4, -0.2) is 60.6 Å². The maximum absolute atomic E-state index is 10.4. The van der Waals surface area contributed by atoms with Crippen LogP contribution in [0.2, 0.25) is 0 Å². The highest BCUT2D eigenvalue weighted by Crippen LogP contribution is 2.04. The molecule has 0 fully saturated rings. The predicted molar refractivity (Wildman–Crippen MR) is 66.7 cm³/mol. The van der Waals surface area contributed by atoms with E-state index in [4.69, 9.17) is 5.11 Å². The second kappa shape index (κ2) is 8.53. The van der Waals surface area contributed by atoms with Gasteiger partial charge < -0.3 is 10.0 Å². The van der Waals surface area contributed by atoms with E-state index in [1.807, 2.05) is 0 Å². The lowest BCUT2D eigenvalue weighted by Gasteiger charge is -2.29. The van der Waals surface area contributed by atoms with Gasteiger partial charge in [0.15, 0.2) is 0 Å². The zero-order valence-electron chi connectivity index (χ0n) is 11.1. The van der Waals surface area contributed by atoms with Crippen LogP contribution in [0.25, 0.3) is 0 Å². The van der Waals surface area contributed by atoms with Gasteiger partial charge in [-0.1, -0.05) is 6.92 Å². The second-order valence-corrected chi connectivity index (χ2v) is 4.59. The molecule has 96 valence electrons. The maximum Gasteiger partial charge on any atom is 0.303 e. The van der Waals surface area contributed by atoms with Gasteiger partial charge in [-0.15, -0.1) is 0 Å². The molecule has 0 spiro atoms. The van der Waals surface area contributed by atoms with Crippen LogP contribution in [-0.2, 0) is 4.79 Å². The van der Waals surface area contributed by atoms with Crippen molar-refractivity contribution in [1.29, 1.82) is 0 Å². The largest absolute Gasteiger partial charge is 0.481 e. The fraction of sp³-hybridized carbons (Fsp3) is 0.917. The number of unbranched alkanes of at least 4 members (excludes halogenated alkanes) is 1. The number of hydrogen-bond acceptors (Lipinski definition) is 3. The van der Waals surface area contributed by atoms with E-state index in [9.17, 15) is 4.79 Å². The third-order valence-electron chi connectivity index (χ3n) is 2.74. The summed E-state index contributed by atoms with van der Waals surface area (Å²) in [6.07, 6.45) is 2.04. The molecule has 4 heteroatoms. The van der Waals surface area contributed by atoms with Crippen LogP contribution < -0.4 is 0 Å². The van der Waals surface area contributed by atoms with Gasteiger partial charge in [-0.25, -0.2) is 0 Å². The molecule has 0 rings (SSSR count). The van der Waals surface area contributed by atoms with Gasteiger partial charge in [0.25, 0.3) is 0 Å². The molecule has 0 aliphatic carbocycles. The predicted octanol–water partition coefficient (Wildman–Crippen LogP) is 1.51. The standard InChI is InChI=1S/C12H26N2O2/c1-5-14(11(2)10-13(3)4)9-7-6-8-12(15)16/h11H,5-10H2,1-4H3,(H,15,16). The summed E-state index contributed by atoms with van der Waals surface area (Å²) in [5, 5.41) is 8.54. The zero-order chi connectivity index (χ0) is 12.6. The molecule has 0 aliphatic heterocycles. The fourth-order valence-corrected chi connectivity index (χ4v) is 1.93. The summed E-state index contributed by atoms with van der Waals surface area (Å²) >= 11 is 0. The molecule has 0 amide bonds. The Morgan fingerprint density at radius 2 is 1.94 bits per heavy atom. The molecule has 16 heavy (non-hydrogen) atoms. The van der Waals surface area contributed by atoms with E-state index in [-0.39, 0.29) is 0 Å². The molecule has 1 atom stereocenters. The van der Waals surface area contributed by atoms with Crippen molar-refractivity contribution in [2.45, 2.75) is 39.2 Å². The first-order valence-electron chi connectivity index (χ1n) is 6.08. The van der Waals surface area contributed by atoms with Crippen molar-refractivity contribution < 1.29 is 9.90 Å². The van der Waals surface area contributed by atoms with Crippen molar-refractivity contribution in [3.63, 3.8) is 0 Å². The summed E-state index contributed by atoms with van der Waals surface area (Å²) in [5.41, 5.74) is 0. The van der Waals surface area contributed by atoms with Gasteiger partial charge in [0.05, 0.1) is 0 Å². The number of carboxylic acid groups (broad SMARTS) is 1. The highest BCUT2D eigenvalue weighted by molar-refractivity contribution is 5.66. The van der Waals surface area contributed by atoms with Gasteiger partial charge in [0, 0.05) is 19.0 Å². The molecule has 0 heterocycles. The molecule has 0 saturated heterocycles. The van der Waals surface area contributed by atoms with Crippen LogP contribution in [0.1, 0.15) is 33.1 Å². The van der Waals surface area contributed by atoms with Crippen LogP contribution in [0.15, 0.2) is 0 Å². The Morgan fingerprint density at radius 3 is 2.38 bits per heavy atom. The lowest BCUT2D eigenvalue weighted by Crippen LogP contribution is -2.40. The highest BCUT2D eigenvalue weighted by Gasteiger charge is 2.12. The van der Waals surface area contributed by atoms with Gasteiger partial charge >= 0.3 is 5.97 Å². The van der Waals surface area contributed by atoms with Crippen LogP contribution in [0.5, 0.6) is 0 Å². The first kappa shape index (κ1) is 15.4. The van der Waals surface area contributed by atoms with E-state index in [0.29, 0.717) is 12.5 Å². The fourth-order valence-electron chi connectivity index (χ4n) is 1.93. The van der Waals surface area contributed by atoms with Gasteiger partial charge in [-0.3, -0.25) is 9.69 Å². The minimum atomic E-state index is -0.690. The summed E-state index contributed by atoms with van der Waals surface area (Å²) < 4.78 is 0. The first-order chi connectivity index (χ1) is 7.47. The van der Waals surface area contributed by atoms with Crippen molar-refractivity contribution in [1.82, 2.24) is 9.80 Å². The van der Waals surface area contributed by atoms with Crippen molar-refractivity contribution in [3.05, 3.63) is 0 Å². The Hall–Kier alpha value is -0.610. The van der Waals surface area contributed by atoms with Crippen molar-refractivity contribution in [2.75, 3.05) is 33.7 Å². The van der Waals surface area contributed by atoms with E-state index < -0.39 is 5.97 Å². The topological polar surface area (TPSA) is 43.8 Å². The average molecular weight is 230 g/mol. The lowest BCUT2D eigenvalue weighted by molar-refractivity contribution is -0.137. The summed E-state index contributed by atoms with van der Waals surface area (Å²) in [7, 11) is 4.16. The zero-order valence-corrected chi connectivity index (χ0v) is 11.1. The molecular formula is C12H26N2O2. The number of carbonyl (C=O) groups is 1. The van der Waals surface area contributed by atoms with E-state index in [1.165, 1.54) is 0 Å². The normalized spacial score (nSPS) is 13.4. The third kappa shape index (κ3) is 7.65. The first-order valence-corrected chi connectivity index (χ1v) is 6.08. The molecule has 4 nitrogen and oxygen atoms in total. The number of carboxylic acids is 1. The van der Waals surface area contributed by atoms with E-state index >= 15 is 0 Å². The molecule has 0 aromatic heterocycles. The van der Waals surface area contributed by atoms with Crippen molar-refractivity contribution in [2.24, 2.45) is 0 Å². The summed E-state index contributed by atoms with van der Waals surface area (Å²) in [4.78, 5) is 15.0. The molecule has 0 radical (unpaired) electrons. The van der Waals surface area contributed by atoms with Gasteiger partial charge in [0.1, 0.15) is 0 Å². The molecule has 0 bridgehead atoms. The van der Waals surface area contributed by atoms with Crippen LogP contribution in [0.3, 0.4) is 0 Å². The highest BCUT2D eigenvalue weighted by atomic mass is 16.4. The Kier molecular flexibility index (Phi) is 8.21. The smallest absolute Gasteiger partial charge is 0.303 e. The average Bonchev–Trinajstić information content (AvgIpc) is 2.16. The summed E-state index contributed by atoms with van der Waals surface area (Å²) in [5.74, 6) is -0.690. The Balaban J connectivity index is 3.77. The minimum absolute atomic E-state index is 0.291. The molecule has 0 aromatic carbocycles.